The third kappa shape index (κ3) is 24.9. The Bertz CT molecular complexity index is 2090. The monoisotopic (exact) mass is 1100 g/mol. The highest BCUT2D eigenvalue weighted by atomic mass is 32.2. The zero-order chi connectivity index (χ0) is 53.2. The first-order valence-electron chi connectivity index (χ1n) is 25.1. The number of carbonyl (C=O) groups is 3. The maximum atomic E-state index is 12.8. The van der Waals surface area contributed by atoms with E-state index in [1.54, 1.807) is 0 Å². The lowest BCUT2D eigenvalue weighted by Gasteiger charge is -2.30. The van der Waals surface area contributed by atoms with Crippen molar-refractivity contribution in [2.45, 2.75) is 193 Å². The third-order valence-corrected chi connectivity index (χ3v) is 16.0. The van der Waals surface area contributed by atoms with Crippen LogP contribution in [0.15, 0.2) is 12.7 Å². The van der Waals surface area contributed by atoms with Gasteiger partial charge in [0.2, 0.25) is 11.8 Å². The van der Waals surface area contributed by atoms with E-state index in [2.05, 4.69) is 41.3 Å². The van der Waals surface area contributed by atoms with Crippen LogP contribution in [-0.4, -0.2) is 123 Å². The van der Waals surface area contributed by atoms with Gasteiger partial charge in [0, 0.05) is 37.1 Å². The zero-order valence-corrected chi connectivity index (χ0v) is 45.4. The number of phosphoric acid groups is 3. The predicted molar refractivity (Wildman–Crippen MR) is 270 cm³/mol. The molecule has 1 fully saturated rings. The molecule has 0 aromatic carbocycles. The summed E-state index contributed by atoms with van der Waals surface area (Å²) in [4.78, 5) is 88.6. The average molecular weight is 1100 g/mol. The van der Waals surface area contributed by atoms with E-state index in [-0.39, 0.29) is 41.6 Å². The molecule has 0 aliphatic carbocycles. The van der Waals surface area contributed by atoms with Crippen LogP contribution >= 0.6 is 35.2 Å². The van der Waals surface area contributed by atoms with Crippen LogP contribution < -0.4 is 16.4 Å². The summed E-state index contributed by atoms with van der Waals surface area (Å²) in [5.74, 6) is -1.01. The number of unbranched alkanes of at least 4 members (excludes halogenated alkanes) is 19. The number of hydrogen-bond donors (Lipinski definition) is 9. The number of imidazole rings is 1. The molecule has 0 spiro atoms. The van der Waals surface area contributed by atoms with Gasteiger partial charge >= 0.3 is 23.5 Å². The van der Waals surface area contributed by atoms with Crippen molar-refractivity contribution in [1.29, 1.82) is 0 Å². The van der Waals surface area contributed by atoms with Crippen LogP contribution in [-0.2, 0) is 50.7 Å². The van der Waals surface area contributed by atoms with Gasteiger partial charge in [-0.25, -0.2) is 28.6 Å². The van der Waals surface area contributed by atoms with E-state index in [0.717, 1.165) is 48.2 Å². The number of nitrogens with two attached hydrogens (primary N) is 1. The SMILES string of the molecule is CCCCCCCCCCCCCCCCCCCCCCC(=O)SCCNC(=O)CCNC(=O)[C@H](O)C(C)(C)COP(=O)(O)OP(=O)(O)OC[C@H]1O[C@@H](n2cnc3c(N)ncnc32)[C@H](O)[C@@H]1OP(=O)(O)O. The van der Waals surface area contributed by atoms with Gasteiger partial charge in [-0.2, -0.15) is 4.31 Å². The van der Waals surface area contributed by atoms with E-state index in [1.165, 1.54) is 123 Å². The summed E-state index contributed by atoms with van der Waals surface area (Å²) in [5, 5.41) is 26.7. The summed E-state index contributed by atoms with van der Waals surface area (Å²) >= 11 is 1.16. The number of nitrogens with one attached hydrogen (secondary N) is 2. The molecular formula is C44H80N7O17P3S. The molecular weight excluding hydrogens is 1020 g/mol. The molecule has 3 heterocycles. The molecule has 1 aliphatic heterocycles. The van der Waals surface area contributed by atoms with E-state index in [9.17, 15) is 57.9 Å². The first kappa shape index (κ1) is 63.8. The molecule has 28 heteroatoms. The second-order valence-corrected chi connectivity index (χ2v) is 24.1. The van der Waals surface area contributed by atoms with Gasteiger partial charge < -0.3 is 50.9 Å². The van der Waals surface area contributed by atoms with Gasteiger partial charge in [-0.3, -0.25) is 32.5 Å². The van der Waals surface area contributed by atoms with E-state index in [4.69, 9.17) is 19.5 Å². The lowest BCUT2D eigenvalue weighted by Crippen LogP contribution is -2.46. The molecule has 2 unspecified atom stereocenters. The predicted octanol–water partition coefficient (Wildman–Crippen LogP) is 6.88. The maximum absolute atomic E-state index is 12.8. The minimum absolute atomic E-state index is 0.0345. The Morgan fingerprint density at radius 2 is 1.33 bits per heavy atom. The van der Waals surface area contributed by atoms with Crippen LogP contribution in [0.4, 0.5) is 5.82 Å². The van der Waals surface area contributed by atoms with Crippen molar-refractivity contribution in [3.05, 3.63) is 12.7 Å². The van der Waals surface area contributed by atoms with Gasteiger partial charge in [0.25, 0.3) is 0 Å². The molecule has 10 N–H and O–H groups in total. The van der Waals surface area contributed by atoms with Crippen molar-refractivity contribution in [3.8, 4) is 0 Å². The largest absolute Gasteiger partial charge is 0.481 e. The van der Waals surface area contributed by atoms with Crippen molar-refractivity contribution in [2.24, 2.45) is 5.41 Å². The number of nitrogens with zero attached hydrogens (tertiary/aromatic N) is 4. The van der Waals surface area contributed by atoms with Crippen LogP contribution in [0.3, 0.4) is 0 Å². The average Bonchev–Trinajstić information content (AvgIpc) is 3.87. The summed E-state index contributed by atoms with van der Waals surface area (Å²) < 4.78 is 62.5. The summed E-state index contributed by atoms with van der Waals surface area (Å²) in [6.07, 6.45) is 19.5. The number of ether oxygens (including phenoxy) is 1. The Hall–Kier alpha value is -2.44. The number of rotatable bonds is 40. The molecule has 24 nitrogen and oxygen atoms in total. The van der Waals surface area contributed by atoms with Gasteiger partial charge in [0.1, 0.15) is 36.3 Å². The standard InChI is InChI=1S/C44H80N7O17P3S/c1-4-5-6-7-8-9-10-11-12-13-14-15-16-17-18-19-20-21-22-23-24-35(53)72-28-27-46-34(52)25-26-47-42(56)39(55)44(2,3)30-65-71(62,63)68-70(60,61)64-29-33-38(67-69(57,58)59)37(54)43(66-33)51-32-50-36-40(45)48-31-49-41(36)51/h31-33,37-39,43,54-55H,4-30H2,1-3H3,(H,46,52)(H,47,56)(H,60,61)(H,62,63)(H2,45,48,49)(H2,57,58,59)/t33-,37-,38-,39+,43-/m1/s1. The topological polar surface area (TPSA) is 364 Å². The Morgan fingerprint density at radius 1 is 0.792 bits per heavy atom. The Kier molecular flexibility index (Phi) is 29.2. The smallest absolute Gasteiger partial charge is 0.386 e. The first-order valence-corrected chi connectivity index (χ1v) is 30.6. The van der Waals surface area contributed by atoms with Crippen LogP contribution in [0, 0.1) is 5.41 Å². The molecule has 72 heavy (non-hydrogen) atoms. The molecule has 0 radical (unpaired) electrons. The summed E-state index contributed by atoms with van der Waals surface area (Å²) in [6, 6.07) is 0. The number of phosphoric ester groups is 3. The number of fused-ring (bicyclic) bond motifs is 1. The van der Waals surface area contributed by atoms with E-state index >= 15 is 0 Å². The lowest BCUT2D eigenvalue weighted by atomic mass is 9.87. The molecule has 2 aromatic rings. The molecule has 0 bridgehead atoms. The minimum Gasteiger partial charge on any atom is -0.386 e. The molecule has 0 saturated carbocycles. The number of thioether (sulfide) groups is 1. The first-order chi connectivity index (χ1) is 34.1. The number of anilines is 1. The minimum atomic E-state index is -5.58. The number of aromatic nitrogens is 4. The highest BCUT2D eigenvalue weighted by Gasteiger charge is 2.50. The lowest BCUT2D eigenvalue weighted by molar-refractivity contribution is -0.137. The number of carbonyl (C=O) groups excluding carboxylic acids is 3. The number of aliphatic hydroxyl groups excluding tert-OH is 2. The van der Waals surface area contributed by atoms with Gasteiger partial charge in [-0.15, -0.1) is 0 Å². The Labute approximate surface area is 426 Å². The summed E-state index contributed by atoms with van der Waals surface area (Å²) in [6.45, 7) is 2.85. The Balaban J connectivity index is 1.23. The van der Waals surface area contributed by atoms with Crippen molar-refractivity contribution in [3.63, 3.8) is 0 Å². The van der Waals surface area contributed by atoms with E-state index < -0.39 is 84.6 Å². The highest BCUT2D eigenvalue weighted by Crippen LogP contribution is 2.61. The van der Waals surface area contributed by atoms with Crippen molar-refractivity contribution < 1.29 is 80.5 Å². The van der Waals surface area contributed by atoms with Crippen molar-refractivity contribution >= 4 is 69.1 Å². The fourth-order valence-corrected chi connectivity index (χ4v) is 11.4. The van der Waals surface area contributed by atoms with E-state index in [1.807, 2.05) is 0 Å². The zero-order valence-electron chi connectivity index (χ0n) is 41.9. The van der Waals surface area contributed by atoms with Gasteiger partial charge in [0.15, 0.2) is 22.8 Å². The van der Waals surface area contributed by atoms with Crippen LogP contribution in [0.25, 0.3) is 11.2 Å². The third-order valence-electron chi connectivity index (χ3n) is 12.0. The Morgan fingerprint density at radius 3 is 1.89 bits per heavy atom. The van der Waals surface area contributed by atoms with Crippen molar-refractivity contribution in [1.82, 2.24) is 30.2 Å². The highest BCUT2D eigenvalue weighted by molar-refractivity contribution is 8.13. The molecule has 2 amide bonds. The number of hydrogen-bond acceptors (Lipinski definition) is 18. The summed E-state index contributed by atoms with van der Waals surface area (Å²) in [7, 11) is -16.4. The van der Waals surface area contributed by atoms with Crippen LogP contribution in [0.2, 0.25) is 0 Å². The van der Waals surface area contributed by atoms with Gasteiger partial charge in [-0.1, -0.05) is 155 Å². The maximum Gasteiger partial charge on any atom is 0.481 e. The number of nitrogen functional groups attached to an aromatic ring is 1. The number of aliphatic hydroxyl groups is 2. The second kappa shape index (κ2) is 32.9. The molecule has 1 aliphatic rings. The number of amides is 2. The van der Waals surface area contributed by atoms with E-state index in [0.29, 0.717) is 12.2 Å². The second-order valence-electron chi connectivity index (χ2n) is 18.8. The molecule has 2 aromatic heterocycles. The fourth-order valence-electron chi connectivity index (χ4n) is 7.89. The quantitative estimate of drug-likeness (QED) is 0.0242. The van der Waals surface area contributed by atoms with Crippen LogP contribution in [0.5, 0.6) is 0 Å². The van der Waals surface area contributed by atoms with Crippen LogP contribution in [0.1, 0.15) is 168 Å². The molecule has 1 saturated heterocycles. The van der Waals surface area contributed by atoms with Gasteiger partial charge in [0.05, 0.1) is 19.5 Å². The van der Waals surface area contributed by atoms with Crippen molar-refractivity contribution in [2.75, 3.05) is 37.8 Å². The van der Waals surface area contributed by atoms with Gasteiger partial charge in [-0.05, 0) is 6.42 Å². The normalized spacial score (nSPS) is 19.5. The summed E-state index contributed by atoms with van der Waals surface area (Å²) in [5.41, 5.74) is 4.30. The molecule has 414 valence electrons. The molecule has 7 atom stereocenters. The molecule has 3 rings (SSSR count). The fraction of sp³-hybridized carbons (Fsp3) is 0.818.